The number of pyridine rings is 1. The van der Waals surface area contributed by atoms with Gasteiger partial charge in [-0.25, -0.2) is 9.78 Å². The first-order valence-corrected chi connectivity index (χ1v) is 16.2. The highest BCUT2D eigenvalue weighted by Crippen LogP contribution is 2.33. The standard InChI is InChI=1S/C24H39N3O3SSi/c1-17(2)31-21-10-9-18-19-15-26(23(28)30-24(3,4)5)12-11-20(19)27(22(18)25-21)16-29-13-14-32(6,7)8/h9-10,17H,11-16H2,1-8H3. The Balaban J connectivity index is 1.90. The maximum absolute atomic E-state index is 12.7. The predicted octanol–water partition coefficient (Wildman–Crippen LogP) is 6.14. The lowest BCUT2D eigenvalue weighted by Gasteiger charge is -2.30. The molecule has 2 aromatic rings. The average molecular weight is 478 g/mol. The quantitative estimate of drug-likeness (QED) is 0.272. The molecule has 1 aliphatic heterocycles. The Morgan fingerprint density at radius 2 is 1.97 bits per heavy atom. The fourth-order valence-electron chi connectivity index (χ4n) is 3.75. The van der Waals surface area contributed by atoms with Crippen molar-refractivity contribution in [3.63, 3.8) is 0 Å². The molecule has 0 bridgehead atoms. The highest BCUT2D eigenvalue weighted by atomic mass is 32.2. The molecule has 2 aromatic heterocycles. The van der Waals surface area contributed by atoms with Gasteiger partial charge in [-0.15, -0.1) is 11.8 Å². The summed E-state index contributed by atoms with van der Waals surface area (Å²) in [5, 5.41) is 2.60. The zero-order chi connectivity index (χ0) is 23.7. The Hall–Kier alpha value is -1.51. The van der Waals surface area contributed by atoms with Crippen LogP contribution in [0.15, 0.2) is 17.2 Å². The lowest BCUT2D eigenvalue weighted by atomic mass is 10.1. The molecule has 3 heterocycles. The van der Waals surface area contributed by atoms with Crippen LogP contribution in [0.4, 0.5) is 4.79 Å². The molecule has 0 radical (unpaired) electrons. The summed E-state index contributed by atoms with van der Waals surface area (Å²) in [6.45, 7) is 19.6. The van der Waals surface area contributed by atoms with Gasteiger partial charge in [-0.05, 0) is 38.9 Å². The number of carbonyl (C=O) groups excluding carboxylic acids is 1. The summed E-state index contributed by atoms with van der Waals surface area (Å²) in [4.78, 5) is 19.5. The van der Waals surface area contributed by atoms with Crippen molar-refractivity contribution in [1.82, 2.24) is 14.5 Å². The Bertz CT molecular complexity index is 960. The van der Waals surface area contributed by atoms with Crippen molar-refractivity contribution in [2.75, 3.05) is 13.2 Å². The van der Waals surface area contributed by atoms with E-state index in [2.05, 4.69) is 50.2 Å². The van der Waals surface area contributed by atoms with Gasteiger partial charge in [-0.1, -0.05) is 33.5 Å². The second kappa shape index (κ2) is 9.77. The summed E-state index contributed by atoms with van der Waals surface area (Å²) in [5.74, 6) is 0. The first kappa shape index (κ1) is 25.1. The third kappa shape index (κ3) is 6.51. The van der Waals surface area contributed by atoms with Crippen LogP contribution in [0.25, 0.3) is 11.0 Å². The zero-order valence-corrected chi connectivity index (χ0v) is 22.8. The van der Waals surface area contributed by atoms with Crippen LogP contribution in [-0.4, -0.2) is 52.6 Å². The Labute approximate surface area is 198 Å². The van der Waals surface area contributed by atoms with Crippen LogP contribution in [0.1, 0.15) is 45.9 Å². The van der Waals surface area contributed by atoms with E-state index >= 15 is 0 Å². The number of ether oxygens (including phenoxy) is 2. The second-order valence-corrected chi connectivity index (χ2v) is 18.3. The van der Waals surface area contributed by atoms with E-state index in [9.17, 15) is 4.79 Å². The largest absolute Gasteiger partial charge is 0.444 e. The van der Waals surface area contributed by atoms with E-state index < -0.39 is 13.7 Å². The zero-order valence-electron chi connectivity index (χ0n) is 20.9. The summed E-state index contributed by atoms with van der Waals surface area (Å²) in [6.07, 6.45) is 0.519. The van der Waals surface area contributed by atoms with Gasteiger partial charge in [0, 0.05) is 49.5 Å². The number of hydrogen-bond donors (Lipinski definition) is 0. The Kier molecular flexibility index (Phi) is 7.67. The summed E-state index contributed by atoms with van der Waals surface area (Å²) < 4.78 is 14.0. The van der Waals surface area contributed by atoms with Crippen molar-refractivity contribution >= 4 is 37.0 Å². The minimum Gasteiger partial charge on any atom is -0.444 e. The molecular weight excluding hydrogens is 438 g/mol. The first-order valence-electron chi connectivity index (χ1n) is 11.6. The third-order valence-electron chi connectivity index (χ3n) is 5.30. The smallest absolute Gasteiger partial charge is 0.410 e. The number of fused-ring (bicyclic) bond motifs is 3. The molecule has 178 valence electrons. The van der Waals surface area contributed by atoms with Crippen LogP contribution in [-0.2, 0) is 29.2 Å². The fraction of sp³-hybridized carbons (Fsp3) is 0.667. The average Bonchev–Trinajstić information content (AvgIpc) is 2.95. The van der Waals surface area contributed by atoms with Crippen LogP contribution in [0, 0.1) is 0 Å². The number of carbonyl (C=O) groups is 1. The molecule has 1 aliphatic rings. The summed E-state index contributed by atoms with van der Waals surface area (Å²) in [7, 11) is -1.14. The van der Waals surface area contributed by atoms with Crippen LogP contribution in [0.2, 0.25) is 25.7 Å². The van der Waals surface area contributed by atoms with E-state index in [-0.39, 0.29) is 6.09 Å². The number of amides is 1. The number of nitrogens with zero attached hydrogens (tertiary/aromatic N) is 3. The highest BCUT2D eigenvalue weighted by Gasteiger charge is 2.30. The molecule has 0 saturated carbocycles. The predicted molar refractivity (Wildman–Crippen MR) is 135 cm³/mol. The van der Waals surface area contributed by atoms with Gasteiger partial charge in [0.15, 0.2) is 0 Å². The van der Waals surface area contributed by atoms with E-state index in [0.717, 1.165) is 35.1 Å². The van der Waals surface area contributed by atoms with Gasteiger partial charge in [0.25, 0.3) is 0 Å². The molecule has 0 fully saturated rings. The lowest BCUT2D eigenvalue weighted by molar-refractivity contribution is 0.0220. The van der Waals surface area contributed by atoms with Gasteiger partial charge in [-0.3, -0.25) is 0 Å². The van der Waals surface area contributed by atoms with E-state index in [1.54, 1.807) is 16.7 Å². The monoisotopic (exact) mass is 477 g/mol. The molecule has 0 atom stereocenters. The Morgan fingerprint density at radius 1 is 1.25 bits per heavy atom. The maximum Gasteiger partial charge on any atom is 0.410 e. The SMILES string of the molecule is CC(C)Sc1ccc2c3c(n(COCC[Si](C)(C)C)c2n1)CCN(C(=O)OC(C)(C)C)C3. The van der Waals surface area contributed by atoms with Gasteiger partial charge in [-0.2, -0.15) is 0 Å². The van der Waals surface area contributed by atoms with Gasteiger partial charge in [0.2, 0.25) is 0 Å². The van der Waals surface area contributed by atoms with Crippen molar-refractivity contribution in [2.45, 2.75) is 95.9 Å². The molecule has 0 N–H and O–H groups in total. The molecule has 0 aliphatic carbocycles. The van der Waals surface area contributed by atoms with Gasteiger partial charge >= 0.3 is 6.09 Å². The molecule has 32 heavy (non-hydrogen) atoms. The van der Waals surface area contributed by atoms with Gasteiger partial charge < -0.3 is 18.9 Å². The van der Waals surface area contributed by atoms with Crippen molar-refractivity contribution < 1.29 is 14.3 Å². The maximum atomic E-state index is 12.7. The Morgan fingerprint density at radius 3 is 2.59 bits per heavy atom. The van der Waals surface area contributed by atoms with E-state index in [1.807, 2.05) is 20.8 Å². The summed E-state index contributed by atoms with van der Waals surface area (Å²) in [6, 6.07) is 5.39. The van der Waals surface area contributed by atoms with Crippen LogP contribution in [0.3, 0.4) is 0 Å². The van der Waals surface area contributed by atoms with E-state index in [1.165, 1.54) is 11.3 Å². The topological polar surface area (TPSA) is 56.6 Å². The second-order valence-electron chi connectivity index (χ2n) is 11.0. The van der Waals surface area contributed by atoms with Crippen molar-refractivity contribution in [3.8, 4) is 0 Å². The van der Waals surface area contributed by atoms with Crippen molar-refractivity contribution in [3.05, 3.63) is 23.4 Å². The van der Waals surface area contributed by atoms with E-state index in [0.29, 0.717) is 25.1 Å². The molecule has 0 unspecified atom stereocenters. The number of hydrogen-bond acceptors (Lipinski definition) is 5. The molecule has 8 heteroatoms. The summed E-state index contributed by atoms with van der Waals surface area (Å²) in [5.41, 5.74) is 2.85. The minimum atomic E-state index is -1.14. The number of aromatic nitrogens is 2. The third-order valence-corrected chi connectivity index (χ3v) is 7.94. The van der Waals surface area contributed by atoms with Crippen LogP contribution >= 0.6 is 11.8 Å². The molecule has 6 nitrogen and oxygen atoms in total. The molecule has 0 saturated heterocycles. The normalized spacial score (nSPS) is 14.8. The number of rotatable bonds is 7. The van der Waals surface area contributed by atoms with E-state index in [4.69, 9.17) is 14.5 Å². The first-order chi connectivity index (χ1) is 14.8. The summed E-state index contributed by atoms with van der Waals surface area (Å²) >= 11 is 1.77. The molecule has 0 aromatic carbocycles. The van der Waals surface area contributed by atoms with Crippen LogP contribution < -0.4 is 0 Å². The minimum absolute atomic E-state index is 0.254. The van der Waals surface area contributed by atoms with Gasteiger partial charge in [0.05, 0.1) is 11.6 Å². The van der Waals surface area contributed by atoms with Gasteiger partial charge in [0.1, 0.15) is 18.0 Å². The molecular formula is C24H39N3O3SSi. The van der Waals surface area contributed by atoms with Crippen molar-refractivity contribution in [2.24, 2.45) is 0 Å². The molecule has 3 rings (SSSR count). The van der Waals surface area contributed by atoms with Crippen molar-refractivity contribution in [1.29, 1.82) is 0 Å². The van der Waals surface area contributed by atoms with Crippen LogP contribution in [0.5, 0.6) is 0 Å². The highest BCUT2D eigenvalue weighted by molar-refractivity contribution is 7.99. The lowest BCUT2D eigenvalue weighted by Crippen LogP contribution is -2.40. The molecule has 0 spiro atoms. The molecule has 1 amide bonds. The number of thioether (sulfide) groups is 1. The fourth-order valence-corrected chi connectivity index (χ4v) is 5.28.